The third-order valence-corrected chi connectivity index (χ3v) is 7.57. The first kappa shape index (κ1) is 24.3. The van der Waals surface area contributed by atoms with Gasteiger partial charge in [0.15, 0.2) is 6.54 Å². The smallest absolute Gasteiger partial charge is 0.309 e. The van der Waals surface area contributed by atoms with Crippen LogP contribution in [0.3, 0.4) is 0 Å². The monoisotopic (exact) mass is 504 g/mol. The van der Waals surface area contributed by atoms with Gasteiger partial charge in [-0.2, -0.15) is 9.83 Å². The summed E-state index contributed by atoms with van der Waals surface area (Å²) in [6, 6.07) is 17.8. The van der Waals surface area contributed by atoms with Crippen LogP contribution in [-0.4, -0.2) is 28.7 Å². The number of allylic oxidation sites excluding steroid dienone is 4. The molecule has 0 bridgehead atoms. The molecular formula is C26H22N3O4S2+. The van der Waals surface area contributed by atoms with Crippen molar-refractivity contribution in [1.29, 1.82) is 5.26 Å². The van der Waals surface area contributed by atoms with Gasteiger partial charge in [-0.1, -0.05) is 47.4 Å². The van der Waals surface area contributed by atoms with E-state index in [4.69, 9.17) is 10.2 Å². The molecule has 4 rings (SSSR count). The molecule has 0 spiro atoms. The number of hydrogen-bond acceptors (Lipinski definition) is 6. The predicted octanol–water partition coefficient (Wildman–Crippen LogP) is 5.06. The molecule has 0 fully saturated rings. The van der Waals surface area contributed by atoms with Crippen molar-refractivity contribution in [2.75, 3.05) is 11.4 Å². The number of hydrogen-bond donors (Lipinski definition) is 2. The fourth-order valence-electron chi connectivity index (χ4n) is 3.68. The van der Waals surface area contributed by atoms with Gasteiger partial charge in [0.05, 0.1) is 28.8 Å². The van der Waals surface area contributed by atoms with Gasteiger partial charge in [-0.3, -0.25) is 9.59 Å². The lowest BCUT2D eigenvalue weighted by Crippen LogP contribution is -2.36. The molecule has 9 heteroatoms. The van der Waals surface area contributed by atoms with Gasteiger partial charge in [-0.25, -0.2) is 0 Å². The lowest BCUT2D eigenvalue weighted by Gasteiger charge is -2.19. The number of aliphatic carboxylic acids is 2. The van der Waals surface area contributed by atoms with Gasteiger partial charge in [0.25, 0.3) is 5.01 Å². The molecule has 7 nitrogen and oxygen atoms in total. The second-order valence-corrected chi connectivity index (χ2v) is 9.77. The maximum absolute atomic E-state index is 11.1. The maximum Gasteiger partial charge on any atom is 0.309 e. The number of aryl methyl sites for hydroxylation is 1. The summed E-state index contributed by atoms with van der Waals surface area (Å²) in [5.41, 5.74) is 2.34. The van der Waals surface area contributed by atoms with Crippen molar-refractivity contribution in [1.82, 2.24) is 0 Å². The first-order chi connectivity index (χ1) is 17.0. The van der Waals surface area contributed by atoms with Crippen LogP contribution in [-0.2, 0) is 16.1 Å². The van der Waals surface area contributed by atoms with Crippen LogP contribution >= 0.6 is 23.1 Å². The number of para-hydroxylation sites is 2. The lowest BCUT2D eigenvalue weighted by atomic mass is 10.2. The average molecular weight is 505 g/mol. The van der Waals surface area contributed by atoms with E-state index in [1.807, 2.05) is 70.1 Å². The Labute approximate surface area is 210 Å². The highest BCUT2D eigenvalue weighted by molar-refractivity contribution is 8.03. The zero-order chi connectivity index (χ0) is 24.8. The molecular weight excluding hydrogens is 482 g/mol. The second-order valence-electron chi connectivity index (χ2n) is 7.64. The van der Waals surface area contributed by atoms with Gasteiger partial charge in [-0.05, 0) is 36.4 Å². The molecule has 176 valence electrons. The number of aromatic nitrogens is 1. The molecule has 0 saturated carbocycles. The molecule has 35 heavy (non-hydrogen) atoms. The van der Waals surface area contributed by atoms with Crippen molar-refractivity contribution >= 4 is 57.0 Å². The number of carboxylic acid groups (broad SMARTS) is 2. The molecule has 1 aliphatic heterocycles. The standard InChI is InChI=1S/C26H21N3O4S2/c27-17-18(9-11-23-28(15-13-25(30)31)19-5-1-3-7-21(19)34-23)10-12-24-29(16-14-26(32)33)20-6-2-4-8-22(20)35-24/h1-12H,13-16H2,(H-,30,31,32,33)/p+1. The fraction of sp³-hybridized carbons (Fsp3) is 0.154. The topological polar surface area (TPSA) is 106 Å². The number of nitrogens with zero attached hydrogens (tertiary/aromatic N) is 3. The van der Waals surface area contributed by atoms with E-state index in [1.54, 1.807) is 12.2 Å². The number of thioether (sulfide) groups is 1. The van der Waals surface area contributed by atoms with Crippen molar-refractivity contribution in [3.63, 3.8) is 0 Å². The Morgan fingerprint density at radius 3 is 2.57 bits per heavy atom. The van der Waals surface area contributed by atoms with Gasteiger partial charge in [0.1, 0.15) is 11.1 Å². The summed E-state index contributed by atoms with van der Waals surface area (Å²) in [4.78, 5) is 25.3. The molecule has 0 saturated heterocycles. The van der Waals surface area contributed by atoms with E-state index < -0.39 is 11.9 Å². The number of rotatable bonds is 9. The van der Waals surface area contributed by atoms with Crippen molar-refractivity contribution in [2.45, 2.75) is 24.3 Å². The van der Waals surface area contributed by atoms with Crippen LogP contribution in [0.15, 0.2) is 82.3 Å². The summed E-state index contributed by atoms with van der Waals surface area (Å²) in [5.74, 6) is -1.73. The normalized spacial score (nSPS) is 14.5. The highest BCUT2D eigenvalue weighted by Crippen LogP contribution is 2.45. The molecule has 1 aromatic heterocycles. The number of thiazole rings is 1. The molecule has 3 aromatic rings. The zero-order valence-electron chi connectivity index (χ0n) is 18.6. The fourth-order valence-corrected chi connectivity index (χ4v) is 5.86. The van der Waals surface area contributed by atoms with E-state index in [9.17, 15) is 14.9 Å². The molecule has 0 radical (unpaired) electrons. The quantitative estimate of drug-likeness (QED) is 0.238. The molecule has 2 heterocycles. The van der Waals surface area contributed by atoms with Gasteiger partial charge >= 0.3 is 11.9 Å². The predicted molar refractivity (Wildman–Crippen MR) is 137 cm³/mol. The van der Waals surface area contributed by atoms with Crippen LogP contribution < -0.4 is 9.47 Å². The average Bonchev–Trinajstić information content (AvgIpc) is 3.38. The minimum Gasteiger partial charge on any atom is -0.481 e. The Morgan fingerprint density at radius 1 is 1.06 bits per heavy atom. The highest BCUT2D eigenvalue weighted by atomic mass is 32.2. The molecule has 1 aliphatic rings. The third kappa shape index (κ3) is 5.80. The van der Waals surface area contributed by atoms with Crippen LogP contribution in [0, 0.1) is 11.3 Å². The molecule has 0 amide bonds. The summed E-state index contributed by atoms with van der Waals surface area (Å²) < 4.78 is 2.99. The second kappa shape index (κ2) is 11.0. The van der Waals surface area contributed by atoms with Crippen molar-refractivity contribution in [3.05, 3.63) is 82.4 Å². The third-order valence-electron chi connectivity index (χ3n) is 5.31. The summed E-state index contributed by atoms with van der Waals surface area (Å²) in [5, 5.41) is 29.7. The van der Waals surface area contributed by atoms with E-state index in [-0.39, 0.29) is 12.8 Å². The number of benzene rings is 2. The maximum atomic E-state index is 11.1. The summed E-state index contributed by atoms with van der Waals surface area (Å²) in [6.07, 6.45) is 7.10. The van der Waals surface area contributed by atoms with Gasteiger partial charge < -0.3 is 15.1 Å². The number of anilines is 1. The minimum atomic E-state index is -0.866. The first-order valence-electron chi connectivity index (χ1n) is 10.9. The summed E-state index contributed by atoms with van der Waals surface area (Å²) in [7, 11) is 0. The number of carbonyl (C=O) groups is 2. The van der Waals surface area contributed by atoms with Crippen molar-refractivity contribution in [2.24, 2.45) is 0 Å². The lowest BCUT2D eigenvalue weighted by molar-refractivity contribution is -0.667. The van der Waals surface area contributed by atoms with Gasteiger partial charge in [0.2, 0.25) is 5.52 Å². The van der Waals surface area contributed by atoms with Crippen LogP contribution in [0.2, 0.25) is 0 Å². The SMILES string of the molecule is N#CC(=C\C=C1/Sc2ccccc2N1CCC(=O)O)/C=C/c1sc2ccccc2[n+]1CCC(=O)O. The van der Waals surface area contributed by atoms with Gasteiger partial charge in [0, 0.05) is 23.6 Å². The zero-order valence-corrected chi connectivity index (χ0v) is 20.3. The van der Waals surface area contributed by atoms with Crippen LogP contribution in [0.1, 0.15) is 17.8 Å². The van der Waals surface area contributed by atoms with Crippen LogP contribution in [0.5, 0.6) is 0 Å². The van der Waals surface area contributed by atoms with Crippen LogP contribution in [0.4, 0.5) is 5.69 Å². The largest absolute Gasteiger partial charge is 0.481 e. The summed E-state index contributed by atoms with van der Waals surface area (Å²) in [6.45, 7) is 0.671. The Morgan fingerprint density at radius 2 is 1.80 bits per heavy atom. The highest BCUT2D eigenvalue weighted by Gasteiger charge is 2.24. The Balaban J connectivity index is 1.61. The molecule has 0 unspecified atom stereocenters. The van der Waals surface area contributed by atoms with E-state index in [2.05, 4.69) is 6.07 Å². The molecule has 0 aliphatic carbocycles. The van der Waals surface area contributed by atoms with E-state index in [0.717, 1.165) is 30.8 Å². The van der Waals surface area contributed by atoms with Gasteiger partial charge in [-0.15, -0.1) is 0 Å². The van der Waals surface area contributed by atoms with Crippen LogP contribution in [0.25, 0.3) is 16.3 Å². The molecule has 2 N–H and O–H groups in total. The van der Waals surface area contributed by atoms with Crippen molar-refractivity contribution < 1.29 is 24.4 Å². The Hall–Kier alpha value is -3.87. The Bertz CT molecular complexity index is 1420. The van der Waals surface area contributed by atoms with Crippen molar-refractivity contribution in [3.8, 4) is 6.07 Å². The summed E-state index contributed by atoms with van der Waals surface area (Å²) >= 11 is 3.07. The van der Waals surface area contributed by atoms with E-state index in [0.29, 0.717) is 18.7 Å². The number of nitriles is 1. The van der Waals surface area contributed by atoms with E-state index in [1.165, 1.54) is 23.1 Å². The molecule has 0 atom stereocenters. The van der Waals surface area contributed by atoms with E-state index >= 15 is 0 Å². The number of carboxylic acids is 2. The first-order valence-corrected chi connectivity index (χ1v) is 12.5. The minimum absolute atomic E-state index is 0.00321. The number of fused-ring (bicyclic) bond motifs is 2. The molecule has 2 aromatic carbocycles. The Kier molecular flexibility index (Phi) is 7.65.